The van der Waals surface area contributed by atoms with Crippen LogP contribution < -0.4 is 10.2 Å². The lowest BCUT2D eigenvalue weighted by atomic mass is 10.1. The highest BCUT2D eigenvalue weighted by Gasteiger charge is 2.12. The van der Waals surface area contributed by atoms with Crippen LogP contribution in [0.25, 0.3) is 0 Å². The number of ether oxygens (including phenoxy) is 1. The molecule has 0 heterocycles. The monoisotopic (exact) mass is 475 g/mol. The summed E-state index contributed by atoms with van der Waals surface area (Å²) in [6, 6.07) is 15.6. The van der Waals surface area contributed by atoms with E-state index in [1.165, 1.54) is 18.3 Å². The fourth-order valence-electron chi connectivity index (χ4n) is 2.52. The third-order valence-electron chi connectivity index (χ3n) is 4.04. The van der Waals surface area contributed by atoms with Gasteiger partial charge in [-0.1, -0.05) is 46.9 Å². The highest BCUT2D eigenvalue weighted by Crippen LogP contribution is 2.34. The lowest BCUT2D eigenvalue weighted by molar-refractivity contribution is 0.0951. The summed E-state index contributed by atoms with van der Waals surface area (Å²) in [4.78, 5) is 12.1. The van der Waals surface area contributed by atoms with E-state index in [9.17, 15) is 9.18 Å². The molecule has 0 atom stereocenters. The van der Waals surface area contributed by atoms with Crippen LogP contribution in [0.1, 0.15) is 27.0 Å². The van der Waals surface area contributed by atoms with E-state index in [1.807, 2.05) is 12.1 Å². The van der Waals surface area contributed by atoms with Crippen LogP contribution in [0.4, 0.5) is 4.39 Å². The minimum atomic E-state index is -0.819. The normalized spacial score (nSPS) is 10.7. The number of rotatable bonds is 6. The summed E-state index contributed by atoms with van der Waals surface area (Å²) in [5, 5.41) is 13.7. The summed E-state index contributed by atoms with van der Waals surface area (Å²) in [7, 11) is 0. The zero-order valence-electron chi connectivity index (χ0n) is 15.7. The van der Waals surface area contributed by atoms with Gasteiger partial charge >= 0.3 is 0 Å². The predicted octanol–water partition coefficient (Wildman–Crippen LogP) is 6.00. The van der Waals surface area contributed by atoms with Crippen LogP contribution in [-0.4, -0.2) is 12.1 Å². The average Bonchev–Trinajstić information content (AvgIpc) is 2.74. The number of hydrogen-bond donors (Lipinski definition) is 1. The maximum absolute atomic E-state index is 13.9. The van der Waals surface area contributed by atoms with Gasteiger partial charge in [-0.25, -0.2) is 9.82 Å². The number of carbonyl (C=O) groups is 1. The van der Waals surface area contributed by atoms with E-state index in [2.05, 4.69) is 10.5 Å². The minimum Gasteiger partial charge on any atom is -0.486 e. The molecule has 0 radical (unpaired) electrons. The second-order valence-electron chi connectivity index (χ2n) is 6.23. The van der Waals surface area contributed by atoms with Gasteiger partial charge in [0.25, 0.3) is 5.91 Å². The van der Waals surface area contributed by atoms with Gasteiger partial charge in [0.05, 0.1) is 33.5 Å². The van der Waals surface area contributed by atoms with Crippen molar-refractivity contribution in [1.29, 1.82) is 5.26 Å². The topological polar surface area (TPSA) is 74.5 Å². The van der Waals surface area contributed by atoms with Gasteiger partial charge in [-0.15, -0.1) is 0 Å². The van der Waals surface area contributed by atoms with Gasteiger partial charge in [-0.2, -0.15) is 10.4 Å². The first-order chi connectivity index (χ1) is 14.9. The summed E-state index contributed by atoms with van der Waals surface area (Å²) in [5.41, 5.74) is 3.47. The van der Waals surface area contributed by atoms with Crippen LogP contribution in [0.3, 0.4) is 0 Å². The molecular weight excluding hydrogens is 464 g/mol. The standard InChI is InChI=1S/C22H13Cl3FN3O2/c23-16-4-1-13(2-5-16)12-31-21-18(24)7-15(8-19(21)25)11-28-29-22(30)17-6-3-14(10-27)9-20(17)26/h1-9,11H,12H2,(H,29,30)/b28-11-. The van der Waals surface area contributed by atoms with E-state index in [0.29, 0.717) is 16.3 Å². The number of nitriles is 1. The van der Waals surface area contributed by atoms with E-state index in [4.69, 9.17) is 44.8 Å². The number of amides is 1. The number of benzene rings is 3. The van der Waals surface area contributed by atoms with Crippen LogP contribution in [-0.2, 0) is 6.61 Å². The molecule has 1 N–H and O–H groups in total. The largest absolute Gasteiger partial charge is 0.486 e. The van der Waals surface area contributed by atoms with Crippen LogP contribution >= 0.6 is 34.8 Å². The lowest BCUT2D eigenvalue weighted by Crippen LogP contribution is -2.19. The van der Waals surface area contributed by atoms with Crippen molar-refractivity contribution < 1.29 is 13.9 Å². The Balaban J connectivity index is 1.65. The van der Waals surface area contributed by atoms with Crippen molar-refractivity contribution in [2.75, 3.05) is 0 Å². The zero-order valence-corrected chi connectivity index (χ0v) is 18.0. The van der Waals surface area contributed by atoms with E-state index < -0.39 is 11.7 Å². The third-order valence-corrected chi connectivity index (χ3v) is 4.85. The molecule has 1 amide bonds. The number of halogens is 4. The average molecular weight is 477 g/mol. The number of nitrogens with zero attached hydrogens (tertiary/aromatic N) is 2. The van der Waals surface area contributed by atoms with Crippen LogP contribution in [0.15, 0.2) is 59.7 Å². The molecule has 0 saturated heterocycles. The first-order valence-corrected chi connectivity index (χ1v) is 9.90. The molecule has 9 heteroatoms. The maximum atomic E-state index is 13.9. The second kappa shape index (κ2) is 10.3. The summed E-state index contributed by atoms with van der Waals surface area (Å²) in [6.45, 7) is 0.246. The molecule has 0 spiro atoms. The highest BCUT2D eigenvalue weighted by molar-refractivity contribution is 6.37. The highest BCUT2D eigenvalue weighted by atomic mass is 35.5. The minimum absolute atomic E-state index is 0.111. The van der Waals surface area contributed by atoms with E-state index in [-0.39, 0.29) is 27.8 Å². The number of nitrogens with one attached hydrogen (secondary N) is 1. The summed E-state index contributed by atoms with van der Waals surface area (Å²) >= 11 is 18.4. The van der Waals surface area contributed by atoms with E-state index in [0.717, 1.165) is 11.6 Å². The van der Waals surface area contributed by atoms with E-state index in [1.54, 1.807) is 30.3 Å². The van der Waals surface area contributed by atoms with Crippen LogP contribution in [0, 0.1) is 17.1 Å². The van der Waals surface area contributed by atoms with Gasteiger partial charge in [-0.3, -0.25) is 4.79 Å². The molecule has 0 aliphatic carbocycles. The number of carbonyl (C=O) groups excluding carboxylic acids is 1. The summed E-state index contributed by atoms with van der Waals surface area (Å²) < 4.78 is 19.6. The smallest absolute Gasteiger partial charge is 0.274 e. The second-order valence-corrected chi connectivity index (χ2v) is 7.49. The van der Waals surface area contributed by atoms with Gasteiger partial charge in [0.15, 0.2) is 5.75 Å². The van der Waals surface area contributed by atoms with Crippen LogP contribution in [0.5, 0.6) is 5.75 Å². The fraction of sp³-hybridized carbons (Fsp3) is 0.0455. The molecule has 3 aromatic rings. The predicted molar refractivity (Wildman–Crippen MR) is 118 cm³/mol. The summed E-state index contributed by atoms with van der Waals surface area (Å²) in [6.07, 6.45) is 1.31. The molecular formula is C22H13Cl3FN3O2. The van der Waals surface area contributed by atoms with E-state index >= 15 is 0 Å². The van der Waals surface area contributed by atoms with Gasteiger partial charge < -0.3 is 4.74 Å². The molecule has 0 fully saturated rings. The Labute approximate surface area is 192 Å². The fourth-order valence-corrected chi connectivity index (χ4v) is 3.26. The molecule has 0 saturated carbocycles. The Morgan fingerprint density at radius 2 is 1.77 bits per heavy atom. The van der Waals surface area contributed by atoms with Gasteiger partial charge in [0.1, 0.15) is 12.4 Å². The summed E-state index contributed by atoms with van der Waals surface area (Å²) in [5.74, 6) is -1.28. The number of hydrazone groups is 1. The quantitative estimate of drug-likeness (QED) is 0.350. The lowest BCUT2D eigenvalue weighted by Gasteiger charge is -2.11. The third kappa shape index (κ3) is 5.96. The van der Waals surface area contributed by atoms with Crippen molar-refractivity contribution in [2.45, 2.75) is 6.61 Å². The Morgan fingerprint density at radius 3 is 2.39 bits per heavy atom. The molecule has 3 rings (SSSR count). The maximum Gasteiger partial charge on any atom is 0.274 e. The Hall–Kier alpha value is -3.11. The van der Waals surface area contributed by atoms with Gasteiger partial charge in [0, 0.05) is 5.02 Å². The molecule has 0 aromatic heterocycles. The Morgan fingerprint density at radius 1 is 1.10 bits per heavy atom. The molecule has 0 bridgehead atoms. The molecule has 156 valence electrons. The van der Waals surface area contributed by atoms with Gasteiger partial charge in [0.2, 0.25) is 0 Å². The molecule has 0 aliphatic rings. The Kier molecular flexibility index (Phi) is 7.48. The SMILES string of the molecule is N#Cc1ccc(C(=O)N/N=C\c2cc(Cl)c(OCc3ccc(Cl)cc3)c(Cl)c2)c(F)c1. The van der Waals surface area contributed by atoms with Crippen LogP contribution in [0.2, 0.25) is 15.1 Å². The van der Waals surface area contributed by atoms with Crippen molar-refractivity contribution in [3.05, 3.63) is 97.7 Å². The molecule has 5 nitrogen and oxygen atoms in total. The Bertz CT molecular complexity index is 1170. The molecule has 3 aromatic carbocycles. The van der Waals surface area contributed by atoms with Crippen molar-refractivity contribution in [1.82, 2.24) is 5.43 Å². The molecule has 0 unspecified atom stereocenters. The van der Waals surface area contributed by atoms with Crippen molar-refractivity contribution >= 4 is 46.9 Å². The molecule has 31 heavy (non-hydrogen) atoms. The first-order valence-electron chi connectivity index (χ1n) is 8.76. The van der Waals surface area contributed by atoms with Crippen molar-refractivity contribution in [2.24, 2.45) is 5.10 Å². The zero-order chi connectivity index (χ0) is 22.4. The molecule has 0 aliphatic heterocycles. The van der Waals surface area contributed by atoms with Crippen molar-refractivity contribution in [3.8, 4) is 11.8 Å². The first kappa shape index (κ1) is 22.6. The van der Waals surface area contributed by atoms with Crippen molar-refractivity contribution in [3.63, 3.8) is 0 Å². The number of hydrogen-bond acceptors (Lipinski definition) is 4. The van der Waals surface area contributed by atoms with Gasteiger partial charge in [-0.05, 0) is 53.6 Å².